The molecule has 1 heterocycles. The van der Waals surface area contributed by atoms with Crippen LogP contribution in [0.2, 0.25) is 0 Å². The Morgan fingerprint density at radius 2 is 1.83 bits per heavy atom. The maximum atomic E-state index is 5.74. The van der Waals surface area contributed by atoms with Crippen LogP contribution in [0.5, 0.6) is 17.2 Å². The average Bonchev–Trinajstić information content (AvgIpc) is 2.40. The number of ether oxygens (including phenoxy) is 2. The molecular weight excluding hydrogens is 228 g/mol. The van der Waals surface area contributed by atoms with Gasteiger partial charge < -0.3 is 15.2 Å². The molecular formula is C14H16N2O2. The van der Waals surface area contributed by atoms with Crippen molar-refractivity contribution in [2.75, 3.05) is 7.11 Å². The molecule has 0 aliphatic carbocycles. The van der Waals surface area contributed by atoms with Crippen molar-refractivity contribution in [3.8, 4) is 17.2 Å². The summed E-state index contributed by atoms with van der Waals surface area (Å²) in [6.45, 7) is 1.89. The van der Waals surface area contributed by atoms with Crippen LogP contribution < -0.4 is 15.2 Å². The molecule has 2 aromatic rings. The van der Waals surface area contributed by atoms with Gasteiger partial charge in [0.1, 0.15) is 5.75 Å². The van der Waals surface area contributed by atoms with Crippen LogP contribution in [0, 0.1) is 0 Å². The van der Waals surface area contributed by atoms with Gasteiger partial charge in [0, 0.05) is 6.04 Å². The van der Waals surface area contributed by atoms with Gasteiger partial charge in [-0.25, -0.2) is 0 Å². The zero-order valence-corrected chi connectivity index (χ0v) is 10.5. The maximum absolute atomic E-state index is 5.74. The number of para-hydroxylation sites is 2. The van der Waals surface area contributed by atoms with Gasteiger partial charge in [-0.3, -0.25) is 4.98 Å². The smallest absolute Gasteiger partial charge is 0.169 e. The molecule has 0 aliphatic heterocycles. The number of hydrogen-bond acceptors (Lipinski definition) is 4. The zero-order valence-electron chi connectivity index (χ0n) is 10.5. The Kier molecular flexibility index (Phi) is 3.79. The van der Waals surface area contributed by atoms with Crippen LogP contribution in [0.3, 0.4) is 0 Å². The summed E-state index contributed by atoms with van der Waals surface area (Å²) in [5, 5.41) is 0. The number of methoxy groups -OCH3 is 1. The highest BCUT2D eigenvalue weighted by Gasteiger charge is 2.05. The summed E-state index contributed by atoms with van der Waals surface area (Å²) in [6.07, 6.45) is 1.66. The Bertz CT molecular complexity index is 509. The first-order valence-electron chi connectivity index (χ1n) is 5.73. The van der Waals surface area contributed by atoms with Crippen molar-refractivity contribution in [2.24, 2.45) is 5.73 Å². The molecule has 94 valence electrons. The van der Waals surface area contributed by atoms with Crippen molar-refractivity contribution in [3.63, 3.8) is 0 Å². The monoisotopic (exact) mass is 244 g/mol. The molecule has 0 amide bonds. The van der Waals surface area contributed by atoms with Gasteiger partial charge in [0.2, 0.25) is 0 Å². The summed E-state index contributed by atoms with van der Waals surface area (Å²) >= 11 is 0. The predicted molar refractivity (Wildman–Crippen MR) is 69.9 cm³/mol. The molecule has 2 N–H and O–H groups in total. The number of benzene rings is 1. The molecule has 0 aliphatic rings. The number of aromatic nitrogens is 1. The van der Waals surface area contributed by atoms with E-state index in [1.165, 1.54) is 0 Å². The van der Waals surface area contributed by atoms with Crippen LogP contribution in [0.25, 0.3) is 0 Å². The van der Waals surface area contributed by atoms with Crippen molar-refractivity contribution in [1.29, 1.82) is 0 Å². The number of hydrogen-bond donors (Lipinski definition) is 1. The Hall–Kier alpha value is -2.07. The van der Waals surface area contributed by atoms with E-state index < -0.39 is 0 Å². The summed E-state index contributed by atoms with van der Waals surface area (Å²) < 4.78 is 10.9. The molecule has 1 aromatic carbocycles. The molecule has 0 radical (unpaired) electrons. The van der Waals surface area contributed by atoms with Gasteiger partial charge in [0.25, 0.3) is 0 Å². The molecule has 18 heavy (non-hydrogen) atoms. The van der Waals surface area contributed by atoms with E-state index in [0.29, 0.717) is 17.2 Å². The third-order valence-electron chi connectivity index (χ3n) is 2.52. The Balaban J connectivity index is 2.18. The molecule has 1 atom stereocenters. The molecule has 0 bridgehead atoms. The summed E-state index contributed by atoms with van der Waals surface area (Å²) in [7, 11) is 1.61. The second-order valence-electron chi connectivity index (χ2n) is 3.96. The van der Waals surface area contributed by atoms with Crippen molar-refractivity contribution in [1.82, 2.24) is 4.98 Å². The number of rotatable bonds is 4. The molecule has 2 rings (SSSR count). The third-order valence-corrected chi connectivity index (χ3v) is 2.52. The van der Waals surface area contributed by atoms with E-state index in [2.05, 4.69) is 4.98 Å². The minimum absolute atomic E-state index is 0.0784. The average molecular weight is 244 g/mol. The van der Waals surface area contributed by atoms with Crippen molar-refractivity contribution < 1.29 is 9.47 Å². The van der Waals surface area contributed by atoms with Gasteiger partial charge in [-0.15, -0.1) is 0 Å². The molecule has 0 saturated heterocycles. The topological polar surface area (TPSA) is 57.4 Å². The van der Waals surface area contributed by atoms with E-state index in [4.69, 9.17) is 15.2 Å². The van der Waals surface area contributed by atoms with E-state index in [9.17, 15) is 0 Å². The highest BCUT2D eigenvalue weighted by atomic mass is 16.5. The lowest BCUT2D eigenvalue weighted by atomic mass is 10.2. The summed E-state index contributed by atoms with van der Waals surface area (Å²) in [5.74, 6) is 2.01. The first-order valence-corrected chi connectivity index (χ1v) is 5.73. The molecule has 4 heteroatoms. The lowest BCUT2D eigenvalue weighted by Gasteiger charge is -2.10. The first-order chi connectivity index (χ1) is 8.70. The minimum atomic E-state index is -0.0784. The van der Waals surface area contributed by atoms with Crippen LogP contribution in [0.4, 0.5) is 0 Å². The Morgan fingerprint density at radius 1 is 1.11 bits per heavy atom. The van der Waals surface area contributed by atoms with Gasteiger partial charge in [0.05, 0.1) is 19.0 Å². The zero-order chi connectivity index (χ0) is 13.0. The standard InChI is InChI=1S/C14H16N2O2/c1-10(15)12-8-7-11(9-16-12)18-14-6-4-3-5-13(14)17-2/h3-10H,15H2,1-2H3/t10-/m1/s1. The van der Waals surface area contributed by atoms with E-state index in [1.54, 1.807) is 13.3 Å². The number of nitrogens with two attached hydrogens (primary N) is 1. The summed E-state index contributed by atoms with van der Waals surface area (Å²) in [6, 6.07) is 11.1. The third kappa shape index (κ3) is 2.78. The first kappa shape index (κ1) is 12.4. The predicted octanol–water partition coefficient (Wildman–Crippen LogP) is 2.90. The molecule has 0 fully saturated rings. The van der Waals surface area contributed by atoms with Gasteiger partial charge in [-0.1, -0.05) is 12.1 Å². The van der Waals surface area contributed by atoms with Gasteiger partial charge >= 0.3 is 0 Å². The second-order valence-corrected chi connectivity index (χ2v) is 3.96. The fraction of sp³-hybridized carbons (Fsp3) is 0.214. The maximum Gasteiger partial charge on any atom is 0.169 e. The van der Waals surface area contributed by atoms with Gasteiger partial charge in [-0.05, 0) is 31.2 Å². The fourth-order valence-corrected chi connectivity index (χ4v) is 1.55. The van der Waals surface area contributed by atoms with Gasteiger partial charge in [-0.2, -0.15) is 0 Å². The van der Waals surface area contributed by atoms with Gasteiger partial charge in [0.15, 0.2) is 11.5 Å². The van der Waals surface area contributed by atoms with E-state index in [-0.39, 0.29) is 6.04 Å². The lowest BCUT2D eigenvalue weighted by molar-refractivity contribution is 0.378. The van der Waals surface area contributed by atoms with Crippen molar-refractivity contribution in [2.45, 2.75) is 13.0 Å². The summed E-state index contributed by atoms with van der Waals surface area (Å²) in [4.78, 5) is 4.24. The van der Waals surface area contributed by atoms with Crippen molar-refractivity contribution in [3.05, 3.63) is 48.3 Å². The van der Waals surface area contributed by atoms with Crippen LogP contribution in [-0.2, 0) is 0 Å². The number of pyridine rings is 1. The Labute approximate surface area is 106 Å². The minimum Gasteiger partial charge on any atom is -0.493 e. The normalized spacial score (nSPS) is 11.9. The largest absolute Gasteiger partial charge is 0.493 e. The molecule has 1 aromatic heterocycles. The second kappa shape index (κ2) is 5.51. The lowest BCUT2D eigenvalue weighted by Crippen LogP contribution is -2.06. The summed E-state index contributed by atoms with van der Waals surface area (Å²) in [5.41, 5.74) is 6.57. The van der Waals surface area contributed by atoms with Crippen LogP contribution in [0.15, 0.2) is 42.6 Å². The SMILES string of the molecule is COc1ccccc1Oc1ccc([C@@H](C)N)nc1. The molecule has 0 spiro atoms. The highest BCUT2D eigenvalue weighted by Crippen LogP contribution is 2.30. The fourth-order valence-electron chi connectivity index (χ4n) is 1.55. The molecule has 4 nitrogen and oxygen atoms in total. The van der Waals surface area contributed by atoms with Crippen LogP contribution >= 0.6 is 0 Å². The molecule has 0 saturated carbocycles. The van der Waals surface area contributed by atoms with E-state index in [1.807, 2.05) is 43.3 Å². The quantitative estimate of drug-likeness (QED) is 0.898. The Morgan fingerprint density at radius 3 is 2.39 bits per heavy atom. The van der Waals surface area contributed by atoms with Crippen LogP contribution in [-0.4, -0.2) is 12.1 Å². The number of nitrogens with zero attached hydrogens (tertiary/aromatic N) is 1. The van der Waals surface area contributed by atoms with E-state index in [0.717, 1.165) is 5.69 Å². The molecule has 0 unspecified atom stereocenters. The van der Waals surface area contributed by atoms with E-state index >= 15 is 0 Å². The van der Waals surface area contributed by atoms with Crippen molar-refractivity contribution >= 4 is 0 Å². The van der Waals surface area contributed by atoms with Crippen LogP contribution in [0.1, 0.15) is 18.7 Å². The highest BCUT2D eigenvalue weighted by molar-refractivity contribution is 5.42.